The highest BCUT2D eigenvalue weighted by molar-refractivity contribution is 5.87. The summed E-state index contributed by atoms with van der Waals surface area (Å²) in [5.41, 5.74) is 2.01. The van der Waals surface area contributed by atoms with Crippen LogP contribution in [0.1, 0.15) is 44.3 Å². The Kier molecular flexibility index (Phi) is 4.19. The lowest BCUT2D eigenvalue weighted by atomic mass is 9.96. The van der Waals surface area contributed by atoms with Crippen molar-refractivity contribution in [1.29, 1.82) is 0 Å². The SMILES string of the molecule is CC(=O)N1CCC[C@H]1C(=O)N1CCC[C@H](c2nc3ccccc3[nH]2)C1. The van der Waals surface area contributed by atoms with Crippen molar-refractivity contribution >= 4 is 22.8 Å². The van der Waals surface area contributed by atoms with Gasteiger partial charge in [0, 0.05) is 32.5 Å². The predicted molar refractivity (Wildman–Crippen MR) is 95.1 cm³/mol. The topological polar surface area (TPSA) is 69.3 Å². The molecule has 0 bridgehead atoms. The molecule has 0 spiro atoms. The number of nitrogens with one attached hydrogen (secondary N) is 1. The van der Waals surface area contributed by atoms with E-state index in [4.69, 9.17) is 4.98 Å². The summed E-state index contributed by atoms with van der Waals surface area (Å²) in [6.45, 7) is 3.71. The van der Waals surface area contributed by atoms with Crippen molar-refractivity contribution in [2.75, 3.05) is 19.6 Å². The molecule has 0 aliphatic carbocycles. The van der Waals surface area contributed by atoms with E-state index >= 15 is 0 Å². The van der Waals surface area contributed by atoms with Gasteiger partial charge in [-0.15, -0.1) is 0 Å². The van der Waals surface area contributed by atoms with Gasteiger partial charge in [-0.05, 0) is 37.8 Å². The van der Waals surface area contributed by atoms with Gasteiger partial charge in [0.05, 0.1) is 11.0 Å². The van der Waals surface area contributed by atoms with Gasteiger partial charge in [-0.25, -0.2) is 4.98 Å². The van der Waals surface area contributed by atoms with Gasteiger partial charge in [0.25, 0.3) is 0 Å². The molecule has 4 rings (SSSR count). The Morgan fingerprint density at radius 2 is 1.96 bits per heavy atom. The van der Waals surface area contributed by atoms with Crippen LogP contribution >= 0.6 is 0 Å². The minimum Gasteiger partial charge on any atom is -0.342 e. The number of piperidine rings is 1. The Labute approximate surface area is 147 Å². The molecule has 0 unspecified atom stereocenters. The molecule has 2 amide bonds. The number of hydrogen-bond donors (Lipinski definition) is 1. The summed E-state index contributed by atoms with van der Waals surface area (Å²) in [5.74, 6) is 1.31. The third kappa shape index (κ3) is 3.01. The van der Waals surface area contributed by atoms with Gasteiger partial charge >= 0.3 is 0 Å². The Bertz CT molecular complexity index is 767. The maximum absolute atomic E-state index is 13.0. The van der Waals surface area contributed by atoms with Crippen molar-refractivity contribution in [1.82, 2.24) is 19.8 Å². The molecule has 2 aromatic rings. The minimum atomic E-state index is -0.271. The molecule has 2 aliphatic heterocycles. The second-order valence-electron chi connectivity index (χ2n) is 7.13. The first-order valence-electron chi connectivity index (χ1n) is 9.14. The van der Waals surface area contributed by atoms with Crippen molar-refractivity contribution in [3.05, 3.63) is 30.1 Å². The largest absolute Gasteiger partial charge is 0.342 e. The summed E-state index contributed by atoms with van der Waals surface area (Å²) in [6.07, 6.45) is 3.70. The van der Waals surface area contributed by atoms with E-state index in [0.717, 1.165) is 49.1 Å². The molecule has 2 atom stereocenters. The first-order valence-corrected chi connectivity index (χ1v) is 9.14. The van der Waals surface area contributed by atoms with E-state index < -0.39 is 0 Å². The Balaban J connectivity index is 1.50. The summed E-state index contributed by atoms with van der Waals surface area (Å²) in [4.78, 5) is 36.5. The van der Waals surface area contributed by atoms with Crippen molar-refractivity contribution in [3.63, 3.8) is 0 Å². The number of aromatic nitrogens is 2. The first kappa shape index (κ1) is 16.1. The average molecular weight is 340 g/mol. The number of para-hydroxylation sites is 2. The zero-order chi connectivity index (χ0) is 17.4. The van der Waals surface area contributed by atoms with Crippen molar-refractivity contribution in [2.24, 2.45) is 0 Å². The van der Waals surface area contributed by atoms with Gasteiger partial charge in [0.2, 0.25) is 11.8 Å². The fourth-order valence-corrected chi connectivity index (χ4v) is 4.18. The number of amides is 2. The van der Waals surface area contributed by atoms with Gasteiger partial charge in [-0.1, -0.05) is 12.1 Å². The van der Waals surface area contributed by atoms with Crippen LogP contribution in [0, 0.1) is 0 Å². The number of rotatable bonds is 2. The molecule has 2 saturated heterocycles. The van der Waals surface area contributed by atoms with Crippen LogP contribution in [-0.4, -0.2) is 57.3 Å². The normalized spacial score (nSPS) is 24.0. The highest BCUT2D eigenvalue weighted by atomic mass is 16.2. The number of carbonyl (C=O) groups is 2. The van der Waals surface area contributed by atoms with E-state index in [9.17, 15) is 9.59 Å². The van der Waals surface area contributed by atoms with Gasteiger partial charge in [-0.2, -0.15) is 0 Å². The summed E-state index contributed by atoms with van der Waals surface area (Å²) in [6, 6.07) is 7.75. The molecule has 25 heavy (non-hydrogen) atoms. The maximum atomic E-state index is 13.0. The summed E-state index contributed by atoms with van der Waals surface area (Å²) < 4.78 is 0. The standard InChI is InChI=1S/C19H24N4O2/c1-13(24)23-11-5-9-17(23)19(25)22-10-4-6-14(12-22)18-20-15-7-2-3-8-16(15)21-18/h2-3,7-8,14,17H,4-6,9-12H2,1H3,(H,20,21)/t14-,17-/m0/s1. The highest BCUT2D eigenvalue weighted by Gasteiger charge is 2.37. The molecule has 132 valence electrons. The zero-order valence-corrected chi connectivity index (χ0v) is 14.6. The van der Waals surface area contributed by atoms with Crippen molar-refractivity contribution in [3.8, 4) is 0 Å². The number of H-pyrrole nitrogens is 1. The predicted octanol–water partition coefficient (Wildman–Crippen LogP) is 2.28. The molecule has 2 fully saturated rings. The van der Waals surface area contributed by atoms with Crippen LogP contribution in [0.4, 0.5) is 0 Å². The maximum Gasteiger partial charge on any atom is 0.245 e. The van der Waals surface area contributed by atoms with Gasteiger partial charge < -0.3 is 14.8 Å². The Morgan fingerprint density at radius 3 is 2.76 bits per heavy atom. The molecule has 0 saturated carbocycles. The van der Waals surface area contributed by atoms with Gasteiger partial charge in [0.1, 0.15) is 11.9 Å². The van der Waals surface area contributed by atoms with Gasteiger partial charge in [0.15, 0.2) is 0 Å². The molecule has 1 aromatic heterocycles. The van der Waals surface area contributed by atoms with E-state index in [2.05, 4.69) is 4.98 Å². The fourth-order valence-electron chi connectivity index (χ4n) is 4.18. The number of fused-ring (bicyclic) bond motifs is 1. The lowest BCUT2D eigenvalue weighted by Gasteiger charge is -2.35. The van der Waals surface area contributed by atoms with E-state index in [1.54, 1.807) is 11.8 Å². The molecule has 2 aliphatic rings. The second-order valence-corrected chi connectivity index (χ2v) is 7.13. The van der Waals surface area contributed by atoms with Crippen molar-refractivity contribution < 1.29 is 9.59 Å². The van der Waals surface area contributed by atoms with Crippen LogP contribution < -0.4 is 0 Å². The summed E-state index contributed by atoms with van der Waals surface area (Å²) in [7, 11) is 0. The molecule has 1 N–H and O–H groups in total. The van der Waals surface area contributed by atoms with E-state index in [0.29, 0.717) is 13.1 Å². The van der Waals surface area contributed by atoms with Crippen LogP contribution in [-0.2, 0) is 9.59 Å². The molecular weight excluding hydrogens is 316 g/mol. The quantitative estimate of drug-likeness (QED) is 0.912. The molecule has 6 heteroatoms. The number of hydrogen-bond acceptors (Lipinski definition) is 3. The van der Waals surface area contributed by atoms with E-state index in [-0.39, 0.29) is 23.8 Å². The minimum absolute atomic E-state index is 0.00157. The molecular formula is C19H24N4O2. The number of imidazole rings is 1. The lowest BCUT2D eigenvalue weighted by molar-refractivity contribution is -0.143. The van der Waals surface area contributed by atoms with Gasteiger partial charge in [-0.3, -0.25) is 9.59 Å². The van der Waals surface area contributed by atoms with E-state index in [1.807, 2.05) is 29.2 Å². The summed E-state index contributed by atoms with van der Waals surface area (Å²) >= 11 is 0. The third-order valence-electron chi connectivity index (χ3n) is 5.47. The lowest BCUT2D eigenvalue weighted by Crippen LogP contribution is -2.49. The number of carbonyl (C=O) groups excluding carboxylic acids is 2. The molecule has 1 aromatic carbocycles. The Hall–Kier alpha value is -2.37. The van der Waals surface area contributed by atoms with Crippen LogP contribution in [0.25, 0.3) is 11.0 Å². The van der Waals surface area contributed by atoms with Crippen LogP contribution in [0.15, 0.2) is 24.3 Å². The monoisotopic (exact) mass is 340 g/mol. The van der Waals surface area contributed by atoms with Crippen LogP contribution in [0.3, 0.4) is 0 Å². The van der Waals surface area contributed by atoms with Crippen LogP contribution in [0.5, 0.6) is 0 Å². The third-order valence-corrected chi connectivity index (χ3v) is 5.47. The smallest absolute Gasteiger partial charge is 0.245 e. The number of likely N-dealkylation sites (tertiary alicyclic amines) is 2. The molecule has 3 heterocycles. The zero-order valence-electron chi connectivity index (χ0n) is 14.6. The fraction of sp³-hybridized carbons (Fsp3) is 0.526. The number of aromatic amines is 1. The average Bonchev–Trinajstić information content (AvgIpc) is 3.28. The molecule has 0 radical (unpaired) electrons. The first-order chi connectivity index (χ1) is 12.1. The highest BCUT2D eigenvalue weighted by Crippen LogP contribution is 2.28. The van der Waals surface area contributed by atoms with Crippen LogP contribution in [0.2, 0.25) is 0 Å². The van der Waals surface area contributed by atoms with Crippen molar-refractivity contribution in [2.45, 2.75) is 44.6 Å². The second kappa shape index (κ2) is 6.50. The van der Waals surface area contributed by atoms with E-state index in [1.165, 1.54) is 0 Å². The summed E-state index contributed by atoms with van der Waals surface area (Å²) in [5, 5.41) is 0. The Morgan fingerprint density at radius 1 is 1.16 bits per heavy atom. The molecule has 6 nitrogen and oxygen atoms in total. The number of nitrogens with zero attached hydrogens (tertiary/aromatic N) is 3. The number of benzene rings is 1.